The van der Waals surface area contributed by atoms with Gasteiger partial charge in [-0.15, -0.1) is 0 Å². The van der Waals surface area contributed by atoms with E-state index in [1.54, 1.807) is 0 Å². The number of hydrogen-bond acceptors (Lipinski definition) is 2. The molecule has 0 aromatic heterocycles. The molecule has 0 spiro atoms. The Balaban J connectivity index is 3.39. The Labute approximate surface area is 96.1 Å². The van der Waals surface area contributed by atoms with Gasteiger partial charge in [0, 0.05) is 11.0 Å². The van der Waals surface area contributed by atoms with Crippen LogP contribution in [0.25, 0.3) is 0 Å². The zero-order valence-corrected chi connectivity index (χ0v) is 10.3. The fourth-order valence-electron chi connectivity index (χ4n) is 1.65. The molecule has 0 heterocycles. The van der Waals surface area contributed by atoms with Gasteiger partial charge in [-0.3, -0.25) is 0 Å². The second-order valence-corrected chi connectivity index (χ2v) is 4.55. The summed E-state index contributed by atoms with van der Waals surface area (Å²) >= 11 is 0. The average molecular weight is 226 g/mol. The topological polar surface area (TPSA) is 29.5 Å². The summed E-state index contributed by atoms with van der Waals surface area (Å²) in [5, 5.41) is 9.34. The third kappa shape index (κ3) is 2.35. The molecule has 0 amide bonds. The van der Waals surface area contributed by atoms with Gasteiger partial charge >= 0.3 is 0 Å². The minimum absolute atomic E-state index is 0.0457. The first-order valence-electron chi connectivity index (χ1n) is 5.44. The summed E-state index contributed by atoms with van der Waals surface area (Å²) in [6.07, 6.45) is 0.759. The van der Waals surface area contributed by atoms with Crippen molar-refractivity contribution in [2.24, 2.45) is 0 Å². The molecule has 0 aliphatic heterocycles. The largest absolute Gasteiger partial charge is 0.493 e. The van der Waals surface area contributed by atoms with Gasteiger partial charge in [0.05, 0.1) is 13.7 Å². The summed E-state index contributed by atoms with van der Waals surface area (Å²) in [5.74, 6) is -0.130. The maximum absolute atomic E-state index is 13.8. The molecule has 0 fully saturated rings. The molecule has 0 aliphatic carbocycles. The first-order chi connectivity index (χ1) is 7.46. The van der Waals surface area contributed by atoms with Crippen molar-refractivity contribution in [2.75, 3.05) is 13.7 Å². The van der Waals surface area contributed by atoms with Gasteiger partial charge < -0.3 is 9.84 Å². The van der Waals surface area contributed by atoms with Gasteiger partial charge in [-0.05, 0) is 18.1 Å². The van der Waals surface area contributed by atoms with Crippen LogP contribution in [0.4, 0.5) is 4.39 Å². The molecule has 0 saturated carbocycles. The van der Waals surface area contributed by atoms with E-state index in [9.17, 15) is 9.50 Å². The highest BCUT2D eigenvalue weighted by atomic mass is 19.1. The van der Waals surface area contributed by atoms with Crippen LogP contribution in [0, 0.1) is 5.82 Å². The van der Waals surface area contributed by atoms with E-state index < -0.39 is 5.41 Å². The highest BCUT2D eigenvalue weighted by Crippen LogP contribution is 2.34. The molecule has 0 saturated heterocycles. The lowest BCUT2D eigenvalue weighted by molar-refractivity contribution is 0.213. The normalized spacial score (nSPS) is 11.6. The third-order valence-corrected chi connectivity index (χ3v) is 2.84. The molecule has 0 unspecified atom stereocenters. The van der Waals surface area contributed by atoms with E-state index in [1.165, 1.54) is 13.2 Å². The number of ether oxygens (including phenoxy) is 1. The lowest BCUT2D eigenvalue weighted by Gasteiger charge is -2.25. The summed E-state index contributed by atoms with van der Waals surface area (Å²) in [7, 11) is 1.45. The average Bonchev–Trinajstić information content (AvgIpc) is 2.27. The molecule has 1 aromatic rings. The van der Waals surface area contributed by atoms with Crippen LogP contribution in [-0.4, -0.2) is 18.8 Å². The summed E-state index contributed by atoms with van der Waals surface area (Å²) in [6, 6.07) is 3.38. The smallest absolute Gasteiger partial charge is 0.165 e. The highest BCUT2D eigenvalue weighted by molar-refractivity contribution is 5.43. The first kappa shape index (κ1) is 13.0. The number of aliphatic hydroxyl groups is 1. The lowest BCUT2D eigenvalue weighted by atomic mass is 9.83. The van der Waals surface area contributed by atoms with Crippen molar-refractivity contribution in [3.8, 4) is 5.75 Å². The Kier molecular flexibility index (Phi) is 3.92. The van der Waals surface area contributed by atoms with Gasteiger partial charge in [-0.1, -0.05) is 26.8 Å². The minimum atomic E-state index is -0.503. The molecule has 1 rings (SSSR count). The molecule has 1 N–H and O–H groups in total. The summed E-state index contributed by atoms with van der Waals surface area (Å²) < 4.78 is 18.8. The van der Waals surface area contributed by atoms with Crippen LogP contribution in [0.2, 0.25) is 0 Å². The van der Waals surface area contributed by atoms with Crippen molar-refractivity contribution in [1.82, 2.24) is 0 Å². The second-order valence-electron chi connectivity index (χ2n) is 4.55. The predicted octanol–water partition coefficient (Wildman–Crippen LogP) is 2.67. The maximum Gasteiger partial charge on any atom is 0.165 e. The Bertz CT molecular complexity index is 372. The molecule has 0 bridgehead atoms. The number of hydrogen-bond donors (Lipinski definition) is 1. The number of rotatable bonds is 4. The molecule has 90 valence electrons. The van der Waals surface area contributed by atoms with Crippen molar-refractivity contribution in [3.05, 3.63) is 29.1 Å². The lowest BCUT2D eigenvalue weighted by Crippen LogP contribution is -2.23. The minimum Gasteiger partial charge on any atom is -0.493 e. The fraction of sp³-hybridized carbons (Fsp3) is 0.538. The van der Waals surface area contributed by atoms with Crippen LogP contribution < -0.4 is 4.74 Å². The zero-order valence-electron chi connectivity index (χ0n) is 10.3. The number of aliphatic hydroxyl groups excluding tert-OH is 1. The van der Waals surface area contributed by atoms with Crippen LogP contribution in [0.3, 0.4) is 0 Å². The monoisotopic (exact) mass is 226 g/mol. The Morgan fingerprint density at radius 1 is 1.38 bits per heavy atom. The van der Waals surface area contributed by atoms with Crippen molar-refractivity contribution >= 4 is 0 Å². The SMILES string of the molecule is CCc1cc(F)c(OC)c(C(C)(C)CO)c1. The van der Waals surface area contributed by atoms with E-state index in [0.29, 0.717) is 5.56 Å². The number of benzene rings is 1. The third-order valence-electron chi connectivity index (χ3n) is 2.84. The van der Waals surface area contributed by atoms with E-state index in [2.05, 4.69) is 0 Å². The van der Waals surface area contributed by atoms with Crippen LogP contribution in [0.15, 0.2) is 12.1 Å². The van der Waals surface area contributed by atoms with E-state index >= 15 is 0 Å². The van der Waals surface area contributed by atoms with Crippen LogP contribution >= 0.6 is 0 Å². The van der Waals surface area contributed by atoms with Crippen LogP contribution in [-0.2, 0) is 11.8 Å². The second kappa shape index (κ2) is 4.83. The molecule has 0 aliphatic rings. The quantitative estimate of drug-likeness (QED) is 0.855. The molecule has 2 nitrogen and oxygen atoms in total. The molecule has 1 aromatic carbocycles. The van der Waals surface area contributed by atoms with E-state index in [4.69, 9.17) is 4.74 Å². The zero-order chi connectivity index (χ0) is 12.3. The van der Waals surface area contributed by atoms with Crippen molar-refractivity contribution in [3.63, 3.8) is 0 Å². The Morgan fingerprint density at radius 3 is 2.44 bits per heavy atom. The van der Waals surface area contributed by atoms with Crippen molar-refractivity contribution in [1.29, 1.82) is 0 Å². The van der Waals surface area contributed by atoms with E-state index in [0.717, 1.165) is 12.0 Å². The highest BCUT2D eigenvalue weighted by Gasteiger charge is 2.26. The summed E-state index contributed by atoms with van der Waals surface area (Å²) in [5.41, 5.74) is 1.13. The number of halogens is 1. The van der Waals surface area contributed by atoms with Gasteiger partial charge in [0.15, 0.2) is 11.6 Å². The predicted molar refractivity (Wildman–Crippen MR) is 62.4 cm³/mol. The molecule has 3 heteroatoms. The molecule has 0 atom stereocenters. The van der Waals surface area contributed by atoms with Gasteiger partial charge in [0.2, 0.25) is 0 Å². The first-order valence-corrected chi connectivity index (χ1v) is 5.44. The van der Waals surface area contributed by atoms with Crippen LogP contribution in [0.5, 0.6) is 5.75 Å². The molecular weight excluding hydrogens is 207 g/mol. The van der Waals surface area contributed by atoms with Crippen LogP contribution in [0.1, 0.15) is 31.9 Å². The van der Waals surface area contributed by atoms with E-state index in [1.807, 2.05) is 26.8 Å². The van der Waals surface area contributed by atoms with Gasteiger partial charge in [-0.25, -0.2) is 4.39 Å². The molecule has 16 heavy (non-hydrogen) atoms. The fourth-order valence-corrected chi connectivity index (χ4v) is 1.65. The van der Waals surface area contributed by atoms with Gasteiger partial charge in [0.25, 0.3) is 0 Å². The van der Waals surface area contributed by atoms with Crippen molar-refractivity contribution < 1.29 is 14.2 Å². The van der Waals surface area contributed by atoms with Gasteiger partial charge in [0.1, 0.15) is 0 Å². The number of methoxy groups -OCH3 is 1. The van der Waals surface area contributed by atoms with Gasteiger partial charge in [-0.2, -0.15) is 0 Å². The summed E-state index contributed by atoms with van der Waals surface area (Å²) in [6.45, 7) is 5.65. The summed E-state index contributed by atoms with van der Waals surface area (Å²) in [4.78, 5) is 0. The Hall–Kier alpha value is -1.09. The standard InChI is InChI=1S/C13H19FO2/c1-5-9-6-10(13(2,3)8-15)12(16-4)11(14)7-9/h6-7,15H,5,8H2,1-4H3. The number of aryl methyl sites for hydroxylation is 1. The maximum atomic E-state index is 13.8. The van der Waals surface area contributed by atoms with E-state index in [-0.39, 0.29) is 18.2 Å². The molecule has 0 radical (unpaired) electrons. The molecular formula is C13H19FO2. The Morgan fingerprint density at radius 2 is 2.00 bits per heavy atom. The van der Waals surface area contributed by atoms with Crippen molar-refractivity contribution in [2.45, 2.75) is 32.6 Å².